The van der Waals surface area contributed by atoms with E-state index < -0.39 is 0 Å². The maximum Gasteiger partial charge on any atom is 0.224 e. The lowest BCUT2D eigenvalue weighted by Crippen LogP contribution is -2.28. The number of amides is 1. The molecule has 1 amide bonds. The minimum Gasteiger partial charge on any atom is -0.356 e. The summed E-state index contributed by atoms with van der Waals surface area (Å²) in [7, 11) is 0. The summed E-state index contributed by atoms with van der Waals surface area (Å²) >= 11 is 12.4. The van der Waals surface area contributed by atoms with Crippen LogP contribution in [0.5, 0.6) is 0 Å². The van der Waals surface area contributed by atoms with Crippen molar-refractivity contribution in [1.82, 2.24) is 14.5 Å². The molecule has 36 heavy (non-hydrogen) atoms. The summed E-state index contributed by atoms with van der Waals surface area (Å²) in [5.41, 5.74) is 3.20. The van der Waals surface area contributed by atoms with E-state index in [0.29, 0.717) is 35.1 Å². The summed E-state index contributed by atoms with van der Waals surface area (Å²) in [5.74, 6) is -0.120. The topological polar surface area (TPSA) is 79.9 Å². The maximum absolute atomic E-state index is 12.9. The lowest BCUT2D eigenvalue weighted by atomic mass is 10.1. The van der Waals surface area contributed by atoms with Gasteiger partial charge in [-0.3, -0.25) is 15.0 Å². The average molecular weight is 590 g/mol. The molecule has 0 aliphatic rings. The number of nitrogens with zero attached hydrogens (tertiary/aromatic N) is 2. The van der Waals surface area contributed by atoms with Gasteiger partial charge >= 0.3 is 0 Å². The van der Waals surface area contributed by atoms with Crippen LogP contribution in [0.2, 0.25) is 10.0 Å². The molecule has 1 heterocycles. The minimum atomic E-state index is -0.111. The summed E-state index contributed by atoms with van der Waals surface area (Å²) < 4.78 is 3.51. The Balaban J connectivity index is 0.00000361. The van der Waals surface area contributed by atoms with Crippen molar-refractivity contribution in [3.05, 3.63) is 99.6 Å². The summed E-state index contributed by atoms with van der Waals surface area (Å²) in [6.07, 6.45) is 1.86. The maximum atomic E-state index is 12.9. The summed E-state index contributed by atoms with van der Waals surface area (Å²) in [5, 5.41) is 12.8. The fourth-order valence-corrected chi connectivity index (χ4v) is 4.47. The monoisotopic (exact) mass is 588 g/mol. The van der Waals surface area contributed by atoms with E-state index in [0.717, 1.165) is 29.4 Å². The number of benzene rings is 3. The first-order valence-corrected chi connectivity index (χ1v) is 12.2. The van der Waals surface area contributed by atoms with Gasteiger partial charge in [0.15, 0.2) is 5.78 Å². The van der Waals surface area contributed by atoms with E-state index in [1.807, 2.05) is 47.0 Å². The molecular weight excluding hydrogens is 563 g/mol. The Bertz CT molecular complexity index is 1400. The van der Waals surface area contributed by atoms with Crippen LogP contribution in [0.15, 0.2) is 72.8 Å². The number of unbranched alkanes of at least 4 members (excludes halogenated alkanes) is 1. The van der Waals surface area contributed by atoms with Gasteiger partial charge in [-0.2, -0.15) is 0 Å². The van der Waals surface area contributed by atoms with E-state index in [1.165, 1.54) is 0 Å². The fraction of sp³-hybridized carbons (Fsp3) is 0.222. The van der Waals surface area contributed by atoms with Crippen molar-refractivity contribution < 1.29 is 9.59 Å². The van der Waals surface area contributed by atoms with Gasteiger partial charge in [-0.15, -0.1) is 17.0 Å². The van der Waals surface area contributed by atoms with Gasteiger partial charge in [0.1, 0.15) is 0 Å². The largest absolute Gasteiger partial charge is 0.356 e. The molecule has 0 atom stereocenters. The van der Waals surface area contributed by atoms with E-state index in [1.54, 1.807) is 34.9 Å². The number of hydrogen-bond donors (Lipinski definition) is 2. The number of carbonyl (C=O) groups is 2. The Morgan fingerprint density at radius 3 is 2.31 bits per heavy atom. The van der Waals surface area contributed by atoms with E-state index >= 15 is 0 Å². The molecule has 0 fully saturated rings. The molecule has 2 N–H and O–H groups in total. The van der Waals surface area contributed by atoms with Gasteiger partial charge in [0.05, 0.1) is 29.0 Å². The summed E-state index contributed by atoms with van der Waals surface area (Å²) in [6.45, 7) is 1.14. The number of carbonyl (C=O) groups excluding carboxylic acids is 2. The number of hydrogen-bond acceptors (Lipinski definition) is 3. The highest BCUT2D eigenvalue weighted by Crippen LogP contribution is 2.23. The summed E-state index contributed by atoms with van der Waals surface area (Å²) in [6, 6.07) is 21.8. The van der Waals surface area contributed by atoms with Crippen molar-refractivity contribution in [2.45, 2.75) is 32.4 Å². The second-order valence-corrected chi connectivity index (χ2v) is 9.16. The Morgan fingerprint density at radius 2 is 1.58 bits per heavy atom. The van der Waals surface area contributed by atoms with Crippen LogP contribution in [-0.2, 0) is 24.3 Å². The zero-order valence-electron chi connectivity index (χ0n) is 19.5. The third-order valence-electron chi connectivity index (χ3n) is 5.84. The van der Waals surface area contributed by atoms with Crippen LogP contribution in [0.4, 0.5) is 0 Å². The number of imidazole rings is 1. The highest BCUT2D eigenvalue weighted by Gasteiger charge is 2.16. The van der Waals surface area contributed by atoms with Crippen LogP contribution in [-0.4, -0.2) is 27.4 Å². The van der Waals surface area contributed by atoms with Crippen LogP contribution in [0.3, 0.4) is 0 Å². The third-order valence-corrected chi connectivity index (χ3v) is 6.40. The molecule has 0 aliphatic carbocycles. The first-order valence-electron chi connectivity index (χ1n) is 11.5. The zero-order valence-corrected chi connectivity index (χ0v) is 22.8. The molecule has 3 aromatic carbocycles. The molecule has 0 radical (unpaired) electrons. The number of rotatable bonds is 10. The minimum absolute atomic E-state index is 0. The molecule has 0 spiro atoms. The number of Topliss-reactive ketones (excluding diaryl/α,β-unsaturated/α-hetero) is 1. The molecule has 0 bridgehead atoms. The van der Waals surface area contributed by atoms with Gasteiger partial charge in [-0.25, -0.2) is 0 Å². The molecule has 0 unspecified atom stereocenters. The second-order valence-electron chi connectivity index (χ2n) is 8.32. The number of aryl methyl sites for hydroxylation is 1. The van der Waals surface area contributed by atoms with Crippen LogP contribution < -0.4 is 10.9 Å². The van der Waals surface area contributed by atoms with Gasteiger partial charge in [-0.05, 0) is 54.8 Å². The van der Waals surface area contributed by atoms with Crippen molar-refractivity contribution >= 4 is 62.9 Å². The molecule has 0 saturated heterocycles. The Kier molecular flexibility index (Phi) is 9.93. The molecule has 1 aromatic heterocycles. The SMILES string of the molecule is Br.N=c1n(CC(=O)c2ccc(Cl)cc2)c2cccc(Cl)c2n1CCCCNC(=O)Cc1ccccc1. The predicted octanol–water partition coefficient (Wildman–Crippen LogP) is 5.83. The van der Waals surface area contributed by atoms with Gasteiger partial charge in [0.2, 0.25) is 11.5 Å². The fourth-order valence-electron chi connectivity index (χ4n) is 4.07. The van der Waals surface area contributed by atoms with E-state index in [-0.39, 0.29) is 40.8 Å². The van der Waals surface area contributed by atoms with E-state index in [2.05, 4.69) is 5.32 Å². The Morgan fingerprint density at radius 1 is 0.861 bits per heavy atom. The number of fused-ring (bicyclic) bond motifs is 1. The van der Waals surface area contributed by atoms with Crippen LogP contribution in [0, 0.1) is 5.41 Å². The predicted molar refractivity (Wildman–Crippen MR) is 149 cm³/mol. The van der Waals surface area contributed by atoms with Crippen LogP contribution in [0.1, 0.15) is 28.8 Å². The highest BCUT2D eigenvalue weighted by molar-refractivity contribution is 8.93. The number of halogens is 3. The molecule has 4 aromatic rings. The van der Waals surface area contributed by atoms with E-state index in [4.69, 9.17) is 28.6 Å². The van der Waals surface area contributed by atoms with E-state index in [9.17, 15) is 9.59 Å². The molecule has 6 nitrogen and oxygen atoms in total. The van der Waals surface area contributed by atoms with Crippen LogP contribution in [0.25, 0.3) is 11.0 Å². The van der Waals surface area contributed by atoms with Gasteiger partial charge in [0.25, 0.3) is 0 Å². The quantitative estimate of drug-likeness (QED) is 0.180. The molecule has 0 aliphatic heterocycles. The normalized spacial score (nSPS) is 10.7. The Labute approximate surface area is 230 Å². The standard InChI is InChI=1S/C27H26Cl2N4O2.BrH/c28-21-13-11-20(12-14-21)24(34)18-33-23-10-6-9-22(29)26(23)32(27(33)30)16-5-4-15-31-25(35)17-19-7-2-1-3-8-19;/h1-3,6-14,30H,4-5,15-18H2,(H,31,35);1H. The van der Waals surface area contributed by atoms with Crippen molar-refractivity contribution in [1.29, 1.82) is 5.41 Å². The van der Waals surface area contributed by atoms with Crippen LogP contribution >= 0.6 is 40.2 Å². The molecular formula is C27H27BrCl2N4O2. The van der Waals surface area contributed by atoms with Crippen molar-refractivity contribution in [3.8, 4) is 0 Å². The third kappa shape index (κ3) is 6.66. The second kappa shape index (κ2) is 12.9. The smallest absolute Gasteiger partial charge is 0.224 e. The number of ketones is 1. The molecule has 0 saturated carbocycles. The first kappa shape index (κ1) is 27.7. The molecule has 188 valence electrons. The van der Waals surface area contributed by atoms with Gasteiger partial charge in [-0.1, -0.05) is 59.6 Å². The average Bonchev–Trinajstić information content (AvgIpc) is 3.12. The van der Waals surface area contributed by atoms with Gasteiger partial charge < -0.3 is 14.5 Å². The van der Waals surface area contributed by atoms with Gasteiger partial charge in [0, 0.05) is 23.7 Å². The highest BCUT2D eigenvalue weighted by atomic mass is 79.9. The number of aromatic nitrogens is 2. The van der Waals surface area contributed by atoms with Crippen molar-refractivity contribution in [3.63, 3.8) is 0 Å². The zero-order chi connectivity index (χ0) is 24.8. The van der Waals surface area contributed by atoms with Crippen molar-refractivity contribution in [2.24, 2.45) is 0 Å². The molecule has 9 heteroatoms. The first-order chi connectivity index (χ1) is 16.9. The number of para-hydroxylation sites is 1. The molecule has 4 rings (SSSR count). The number of nitrogens with one attached hydrogen (secondary N) is 2. The Hall–Kier alpha value is -2.87. The lowest BCUT2D eigenvalue weighted by Gasteiger charge is -2.07. The summed E-state index contributed by atoms with van der Waals surface area (Å²) in [4.78, 5) is 25.0. The lowest BCUT2D eigenvalue weighted by molar-refractivity contribution is -0.120. The van der Waals surface area contributed by atoms with Crippen molar-refractivity contribution in [2.75, 3.05) is 6.54 Å².